The normalized spacial score (nSPS) is 11.1. The summed E-state index contributed by atoms with van der Waals surface area (Å²) < 4.78 is 15.7. The second kappa shape index (κ2) is 7.36. The van der Waals surface area contributed by atoms with E-state index in [-0.39, 0.29) is 5.82 Å². The second-order valence-electron chi connectivity index (χ2n) is 6.23. The fourth-order valence-electron chi connectivity index (χ4n) is 3.03. The molecule has 0 fully saturated rings. The number of rotatable bonds is 5. The number of aromatic nitrogens is 5. The predicted octanol–water partition coefficient (Wildman–Crippen LogP) is 4.52. The van der Waals surface area contributed by atoms with E-state index >= 15 is 0 Å². The number of aryl methyl sites for hydroxylation is 2. The Bertz CT molecular complexity index is 1070. The molecular weight excluding hydrogens is 361 g/mol. The number of hydrogen-bond acceptors (Lipinski definition) is 5. The van der Waals surface area contributed by atoms with Gasteiger partial charge in [0.2, 0.25) is 0 Å². The van der Waals surface area contributed by atoms with E-state index in [2.05, 4.69) is 27.1 Å². The van der Waals surface area contributed by atoms with Gasteiger partial charge < -0.3 is 4.57 Å². The van der Waals surface area contributed by atoms with Gasteiger partial charge in [0.1, 0.15) is 22.3 Å². The molecule has 0 atom stereocenters. The van der Waals surface area contributed by atoms with Crippen molar-refractivity contribution in [2.45, 2.75) is 26.8 Å². The monoisotopic (exact) mass is 379 g/mol. The van der Waals surface area contributed by atoms with Crippen molar-refractivity contribution in [2.75, 3.05) is 0 Å². The predicted molar refractivity (Wildman–Crippen MR) is 104 cm³/mol. The van der Waals surface area contributed by atoms with Crippen molar-refractivity contribution in [3.63, 3.8) is 0 Å². The molecule has 0 aliphatic rings. The highest BCUT2D eigenvalue weighted by Gasteiger charge is 2.14. The van der Waals surface area contributed by atoms with Crippen LogP contribution in [0.5, 0.6) is 0 Å². The molecule has 5 nitrogen and oxygen atoms in total. The van der Waals surface area contributed by atoms with Gasteiger partial charge in [0.15, 0.2) is 0 Å². The first kappa shape index (κ1) is 17.5. The van der Waals surface area contributed by atoms with Crippen LogP contribution in [0.15, 0.2) is 48.2 Å². The number of hydrogen-bond donors (Lipinski definition) is 0. The number of benzene rings is 1. The molecule has 7 heteroatoms. The van der Waals surface area contributed by atoms with E-state index in [0.29, 0.717) is 6.54 Å². The average molecular weight is 379 g/mol. The van der Waals surface area contributed by atoms with Crippen LogP contribution in [0.4, 0.5) is 4.39 Å². The molecule has 0 saturated heterocycles. The molecular formula is C20H18FN5S. The van der Waals surface area contributed by atoms with E-state index < -0.39 is 0 Å². The summed E-state index contributed by atoms with van der Waals surface area (Å²) in [7, 11) is 0. The maximum Gasteiger partial charge on any atom is 0.143 e. The zero-order chi connectivity index (χ0) is 18.8. The van der Waals surface area contributed by atoms with Crippen LogP contribution < -0.4 is 0 Å². The molecule has 3 aromatic heterocycles. The number of imidazole rings is 1. The van der Waals surface area contributed by atoms with Crippen molar-refractivity contribution in [1.29, 1.82) is 0 Å². The molecule has 0 bridgehead atoms. The quantitative estimate of drug-likeness (QED) is 0.511. The Morgan fingerprint density at radius 2 is 2.00 bits per heavy atom. The van der Waals surface area contributed by atoms with Gasteiger partial charge in [0.25, 0.3) is 0 Å². The Kier molecular flexibility index (Phi) is 4.77. The van der Waals surface area contributed by atoms with Gasteiger partial charge in [0.05, 0.1) is 12.2 Å². The Balaban J connectivity index is 1.70. The third-order valence-corrected chi connectivity index (χ3v) is 5.26. The van der Waals surface area contributed by atoms with Gasteiger partial charge in [-0.05, 0) is 42.7 Å². The highest BCUT2D eigenvalue weighted by Crippen LogP contribution is 2.25. The summed E-state index contributed by atoms with van der Waals surface area (Å²) in [6.07, 6.45) is 6.21. The van der Waals surface area contributed by atoms with E-state index in [0.717, 1.165) is 45.3 Å². The lowest BCUT2D eigenvalue weighted by Gasteiger charge is -2.12. The van der Waals surface area contributed by atoms with Crippen molar-refractivity contribution in [3.8, 4) is 22.1 Å². The van der Waals surface area contributed by atoms with E-state index in [1.807, 2.05) is 29.1 Å². The minimum atomic E-state index is -0.271. The van der Waals surface area contributed by atoms with Crippen molar-refractivity contribution in [2.24, 2.45) is 0 Å². The minimum Gasteiger partial charge on any atom is -0.325 e. The van der Waals surface area contributed by atoms with Crippen LogP contribution in [-0.4, -0.2) is 24.7 Å². The second-order valence-corrected chi connectivity index (χ2v) is 7.12. The third-order valence-electron chi connectivity index (χ3n) is 4.47. The van der Waals surface area contributed by atoms with E-state index in [4.69, 9.17) is 0 Å². The number of nitrogens with zero attached hydrogens (tertiary/aromatic N) is 5. The maximum atomic E-state index is 13.7. The first-order chi connectivity index (χ1) is 13.2. The van der Waals surface area contributed by atoms with Gasteiger partial charge in [-0.1, -0.05) is 13.0 Å². The summed E-state index contributed by atoms with van der Waals surface area (Å²) in [5.41, 5.74) is 4.55. The van der Waals surface area contributed by atoms with Gasteiger partial charge in [-0.15, -0.1) is 16.4 Å². The molecule has 27 heavy (non-hydrogen) atoms. The molecule has 3 heterocycles. The molecule has 0 radical (unpaired) electrons. The topological polar surface area (TPSA) is 56.5 Å². The fourth-order valence-corrected chi connectivity index (χ4v) is 3.62. The maximum absolute atomic E-state index is 13.7. The lowest BCUT2D eigenvalue weighted by atomic mass is 10.1. The highest BCUT2D eigenvalue weighted by molar-refractivity contribution is 7.13. The van der Waals surface area contributed by atoms with Crippen LogP contribution in [-0.2, 0) is 13.0 Å². The molecule has 0 spiro atoms. The lowest BCUT2D eigenvalue weighted by Crippen LogP contribution is -2.08. The largest absolute Gasteiger partial charge is 0.325 e. The van der Waals surface area contributed by atoms with Crippen molar-refractivity contribution < 1.29 is 4.39 Å². The molecule has 4 rings (SSSR count). The van der Waals surface area contributed by atoms with Crippen LogP contribution in [0.25, 0.3) is 22.1 Å². The molecule has 0 saturated carbocycles. The molecule has 0 aliphatic carbocycles. The minimum absolute atomic E-state index is 0.271. The van der Waals surface area contributed by atoms with Crippen LogP contribution in [0.1, 0.15) is 23.7 Å². The molecule has 0 N–H and O–H groups in total. The molecule has 136 valence electrons. The van der Waals surface area contributed by atoms with E-state index in [1.165, 1.54) is 12.1 Å². The number of thiazole rings is 1. The van der Waals surface area contributed by atoms with Gasteiger partial charge in [-0.25, -0.2) is 14.4 Å². The average Bonchev–Trinajstić information content (AvgIpc) is 3.36. The summed E-state index contributed by atoms with van der Waals surface area (Å²) in [6.45, 7) is 4.57. The molecule has 0 amide bonds. The standard InChI is InChI=1S/C20H18FN5S/c1-3-14-10-17(20-23-7-9-27-20)24-25-18(14)12-26-8-6-22-19(26)16-11-15(21)5-4-13(16)2/h4-11H,3,12H2,1-2H3. The zero-order valence-corrected chi connectivity index (χ0v) is 15.9. The van der Waals surface area contributed by atoms with Crippen molar-refractivity contribution in [1.82, 2.24) is 24.7 Å². The summed E-state index contributed by atoms with van der Waals surface area (Å²) >= 11 is 1.54. The Labute approximate surface area is 160 Å². The van der Waals surface area contributed by atoms with E-state index in [9.17, 15) is 4.39 Å². The smallest absolute Gasteiger partial charge is 0.143 e. The van der Waals surface area contributed by atoms with Crippen molar-refractivity contribution >= 4 is 11.3 Å². The molecule has 1 aromatic carbocycles. The van der Waals surface area contributed by atoms with Crippen LogP contribution in [0.3, 0.4) is 0 Å². The summed E-state index contributed by atoms with van der Waals surface area (Å²) in [4.78, 5) is 8.74. The first-order valence-electron chi connectivity index (χ1n) is 8.68. The Morgan fingerprint density at radius 1 is 1.11 bits per heavy atom. The highest BCUT2D eigenvalue weighted by atomic mass is 32.1. The van der Waals surface area contributed by atoms with E-state index in [1.54, 1.807) is 29.8 Å². The van der Waals surface area contributed by atoms with Crippen LogP contribution in [0.2, 0.25) is 0 Å². The Morgan fingerprint density at radius 3 is 2.78 bits per heavy atom. The SMILES string of the molecule is CCc1cc(-c2nccs2)nnc1Cn1ccnc1-c1cc(F)ccc1C. The molecule has 0 aliphatic heterocycles. The van der Waals surface area contributed by atoms with Gasteiger partial charge in [-0.3, -0.25) is 0 Å². The van der Waals surface area contributed by atoms with Gasteiger partial charge in [0, 0.05) is 29.5 Å². The van der Waals surface area contributed by atoms with Gasteiger partial charge in [-0.2, -0.15) is 5.10 Å². The Hall–Kier alpha value is -2.93. The third kappa shape index (κ3) is 3.50. The first-order valence-corrected chi connectivity index (χ1v) is 9.56. The molecule has 4 aromatic rings. The van der Waals surface area contributed by atoms with Crippen LogP contribution >= 0.6 is 11.3 Å². The summed E-state index contributed by atoms with van der Waals surface area (Å²) in [5, 5.41) is 11.6. The fraction of sp³-hybridized carbons (Fsp3) is 0.200. The molecule has 0 unspecified atom stereocenters. The summed E-state index contributed by atoms with van der Waals surface area (Å²) in [5.74, 6) is 0.451. The number of halogens is 1. The lowest BCUT2D eigenvalue weighted by molar-refractivity contribution is 0.627. The summed E-state index contributed by atoms with van der Waals surface area (Å²) in [6, 6.07) is 6.80. The zero-order valence-electron chi connectivity index (χ0n) is 15.1. The van der Waals surface area contributed by atoms with Gasteiger partial charge >= 0.3 is 0 Å². The van der Waals surface area contributed by atoms with Crippen molar-refractivity contribution in [3.05, 3.63) is 70.9 Å². The van der Waals surface area contributed by atoms with Crippen LogP contribution in [0, 0.1) is 12.7 Å².